The molecule has 0 fully saturated rings. The summed E-state index contributed by atoms with van der Waals surface area (Å²) in [6.45, 7) is 0. The topological polar surface area (TPSA) is 51.2 Å². The van der Waals surface area contributed by atoms with E-state index in [1.807, 2.05) is 0 Å². The van der Waals surface area contributed by atoms with E-state index < -0.39 is 17.7 Å². The van der Waals surface area contributed by atoms with Crippen LogP contribution in [0, 0.1) is 0 Å². The van der Waals surface area contributed by atoms with Crippen LogP contribution in [0.15, 0.2) is 28.9 Å². The fourth-order valence-corrected chi connectivity index (χ4v) is 2.61. The SMILES string of the molecule is COC(=O)c1cnc(Nc2ccc(Br)cc2C(F)(F)F)s1. The molecule has 2 aromatic rings. The molecule has 112 valence electrons. The number of hydrogen-bond acceptors (Lipinski definition) is 5. The van der Waals surface area contributed by atoms with E-state index in [4.69, 9.17) is 0 Å². The van der Waals surface area contributed by atoms with Crippen molar-refractivity contribution in [2.24, 2.45) is 0 Å². The molecule has 0 aliphatic rings. The predicted molar refractivity (Wildman–Crippen MR) is 75.9 cm³/mol. The van der Waals surface area contributed by atoms with E-state index in [1.165, 1.54) is 25.4 Å². The highest BCUT2D eigenvalue weighted by Crippen LogP contribution is 2.38. The van der Waals surface area contributed by atoms with Crippen LogP contribution in [0.25, 0.3) is 0 Å². The third-order valence-corrected chi connectivity index (χ3v) is 3.81. The number of halogens is 4. The maximum atomic E-state index is 13.0. The van der Waals surface area contributed by atoms with Gasteiger partial charge < -0.3 is 10.1 Å². The van der Waals surface area contributed by atoms with Crippen molar-refractivity contribution in [1.29, 1.82) is 0 Å². The zero-order chi connectivity index (χ0) is 15.6. The Morgan fingerprint density at radius 1 is 1.43 bits per heavy atom. The second kappa shape index (κ2) is 6.02. The van der Waals surface area contributed by atoms with Crippen LogP contribution in [0.3, 0.4) is 0 Å². The molecule has 9 heteroatoms. The van der Waals surface area contributed by atoms with Crippen LogP contribution in [-0.2, 0) is 10.9 Å². The number of alkyl halides is 3. The lowest BCUT2D eigenvalue weighted by Gasteiger charge is -2.13. The smallest absolute Gasteiger partial charge is 0.418 e. The van der Waals surface area contributed by atoms with Crippen LogP contribution in [0.5, 0.6) is 0 Å². The highest BCUT2D eigenvalue weighted by atomic mass is 79.9. The van der Waals surface area contributed by atoms with Gasteiger partial charge in [0.15, 0.2) is 5.13 Å². The number of thiazole rings is 1. The van der Waals surface area contributed by atoms with Crippen molar-refractivity contribution < 1.29 is 22.7 Å². The van der Waals surface area contributed by atoms with Gasteiger partial charge in [0.2, 0.25) is 0 Å². The van der Waals surface area contributed by atoms with Gasteiger partial charge in [0, 0.05) is 4.47 Å². The molecule has 4 nitrogen and oxygen atoms in total. The molecule has 1 N–H and O–H groups in total. The van der Waals surface area contributed by atoms with Crippen LogP contribution < -0.4 is 5.32 Å². The lowest BCUT2D eigenvalue weighted by molar-refractivity contribution is -0.137. The van der Waals surface area contributed by atoms with Crippen molar-refractivity contribution in [2.45, 2.75) is 6.18 Å². The average Bonchev–Trinajstić information content (AvgIpc) is 2.87. The zero-order valence-electron chi connectivity index (χ0n) is 10.5. The molecule has 21 heavy (non-hydrogen) atoms. The Bertz CT molecular complexity index is 673. The fourth-order valence-electron chi connectivity index (χ4n) is 1.50. The normalized spacial score (nSPS) is 11.3. The largest absolute Gasteiger partial charge is 0.465 e. The summed E-state index contributed by atoms with van der Waals surface area (Å²) < 4.78 is 43.7. The highest BCUT2D eigenvalue weighted by Gasteiger charge is 2.34. The summed E-state index contributed by atoms with van der Waals surface area (Å²) in [6, 6.07) is 3.73. The van der Waals surface area contributed by atoms with Gasteiger partial charge in [0.05, 0.1) is 24.6 Å². The quantitative estimate of drug-likeness (QED) is 0.798. The Labute approximate surface area is 130 Å². The number of nitrogens with one attached hydrogen (secondary N) is 1. The number of ether oxygens (including phenoxy) is 1. The average molecular weight is 381 g/mol. The van der Waals surface area contributed by atoms with Crippen LogP contribution in [0.1, 0.15) is 15.2 Å². The molecule has 0 unspecified atom stereocenters. The summed E-state index contributed by atoms with van der Waals surface area (Å²) in [6.07, 6.45) is -3.26. The van der Waals surface area contributed by atoms with Gasteiger partial charge in [0.25, 0.3) is 0 Å². The number of methoxy groups -OCH3 is 1. The Balaban J connectivity index is 2.31. The molecule has 0 saturated carbocycles. The standard InChI is InChI=1S/C12H8BrF3N2O2S/c1-20-10(19)9-5-17-11(21-9)18-8-3-2-6(13)4-7(8)12(14,15)16/h2-5H,1H3,(H,17,18). The Kier molecular flexibility index (Phi) is 4.52. The van der Waals surface area contributed by atoms with Crippen LogP contribution >= 0.6 is 27.3 Å². The number of aromatic nitrogens is 1. The van der Waals surface area contributed by atoms with E-state index >= 15 is 0 Å². The molecule has 1 heterocycles. The Morgan fingerprint density at radius 3 is 2.76 bits per heavy atom. The molecular weight excluding hydrogens is 373 g/mol. The number of rotatable bonds is 3. The van der Waals surface area contributed by atoms with Gasteiger partial charge in [-0.1, -0.05) is 27.3 Å². The molecule has 0 aliphatic carbocycles. The lowest BCUT2D eigenvalue weighted by Crippen LogP contribution is -2.08. The van der Waals surface area contributed by atoms with Crippen molar-refractivity contribution in [3.63, 3.8) is 0 Å². The Hall–Kier alpha value is -1.61. The summed E-state index contributed by atoms with van der Waals surface area (Å²) in [5.74, 6) is -0.590. The minimum absolute atomic E-state index is 0.142. The molecule has 0 aliphatic heterocycles. The minimum atomic E-state index is -4.51. The van der Waals surface area contributed by atoms with E-state index in [0.717, 1.165) is 17.4 Å². The summed E-state index contributed by atoms with van der Waals surface area (Å²) in [4.78, 5) is 15.3. The van der Waals surface area contributed by atoms with E-state index in [1.54, 1.807) is 0 Å². The summed E-state index contributed by atoms with van der Waals surface area (Å²) in [5.41, 5.74) is -0.969. The second-order valence-corrected chi connectivity index (χ2v) is 5.78. The van der Waals surface area contributed by atoms with Crippen molar-refractivity contribution in [2.75, 3.05) is 12.4 Å². The minimum Gasteiger partial charge on any atom is -0.465 e. The number of nitrogens with zero attached hydrogens (tertiary/aromatic N) is 1. The number of hydrogen-bond donors (Lipinski definition) is 1. The number of anilines is 2. The van der Waals surface area contributed by atoms with Gasteiger partial charge in [0.1, 0.15) is 4.88 Å². The Morgan fingerprint density at radius 2 is 2.14 bits per heavy atom. The van der Waals surface area contributed by atoms with Crippen LogP contribution in [-0.4, -0.2) is 18.1 Å². The molecule has 0 bridgehead atoms. The first kappa shape index (κ1) is 15.8. The highest BCUT2D eigenvalue weighted by molar-refractivity contribution is 9.10. The van der Waals surface area contributed by atoms with Gasteiger partial charge >= 0.3 is 12.1 Å². The third-order valence-electron chi connectivity index (χ3n) is 2.42. The molecule has 0 saturated heterocycles. The number of benzene rings is 1. The van der Waals surface area contributed by atoms with E-state index in [2.05, 4.69) is 31.0 Å². The summed E-state index contributed by atoms with van der Waals surface area (Å²) in [7, 11) is 1.21. The molecular formula is C12H8BrF3N2O2S. The van der Waals surface area contributed by atoms with Gasteiger partial charge in [-0.3, -0.25) is 0 Å². The first-order chi connectivity index (χ1) is 9.81. The maximum absolute atomic E-state index is 13.0. The zero-order valence-corrected chi connectivity index (χ0v) is 12.9. The van der Waals surface area contributed by atoms with E-state index in [-0.39, 0.29) is 15.7 Å². The molecule has 1 aromatic carbocycles. The van der Waals surface area contributed by atoms with Gasteiger partial charge in [-0.05, 0) is 18.2 Å². The monoisotopic (exact) mass is 380 g/mol. The van der Waals surface area contributed by atoms with Crippen LogP contribution in [0.4, 0.5) is 24.0 Å². The molecule has 1 aromatic heterocycles. The molecule has 0 radical (unpaired) electrons. The van der Waals surface area contributed by atoms with Crippen molar-refractivity contribution in [3.05, 3.63) is 39.3 Å². The molecule has 0 spiro atoms. The number of carbonyl (C=O) groups excluding carboxylic acids is 1. The van der Waals surface area contributed by atoms with Gasteiger partial charge in [-0.2, -0.15) is 13.2 Å². The van der Waals surface area contributed by atoms with Crippen molar-refractivity contribution in [3.8, 4) is 0 Å². The lowest BCUT2D eigenvalue weighted by atomic mass is 10.2. The molecule has 0 atom stereocenters. The van der Waals surface area contributed by atoms with Crippen LogP contribution in [0.2, 0.25) is 0 Å². The summed E-state index contributed by atoms with van der Waals surface area (Å²) in [5, 5.41) is 2.73. The van der Waals surface area contributed by atoms with Crippen molar-refractivity contribution >= 4 is 44.1 Å². The van der Waals surface area contributed by atoms with Gasteiger partial charge in [-0.15, -0.1) is 0 Å². The maximum Gasteiger partial charge on any atom is 0.418 e. The first-order valence-electron chi connectivity index (χ1n) is 5.49. The first-order valence-corrected chi connectivity index (χ1v) is 7.10. The predicted octanol–water partition coefficient (Wildman–Crippen LogP) is 4.45. The number of carbonyl (C=O) groups is 1. The third kappa shape index (κ3) is 3.73. The van der Waals surface area contributed by atoms with E-state index in [0.29, 0.717) is 4.47 Å². The number of esters is 1. The fraction of sp³-hybridized carbons (Fsp3) is 0.167. The second-order valence-electron chi connectivity index (χ2n) is 3.83. The molecule has 0 amide bonds. The summed E-state index contributed by atoms with van der Waals surface area (Å²) >= 11 is 3.91. The van der Waals surface area contributed by atoms with Crippen molar-refractivity contribution in [1.82, 2.24) is 4.98 Å². The molecule has 2 rings (SSSR count). The van der Waals surface area contributed by atoms with Gasteiger partial charge in [-0.25, -0.2) is 9.78 Å². The van der Waals surface area contributed by atoms with E-state index in [9.17, 15) is 18.0 Å².